The number of Topliss-reactive ketones (excluding diaryl/α,β-unsaturated/α-hetero) is 1. The molecule has 0 bridgehead atoms. The third-order valence-corrected chi connectivity index (χ3v) is 10.4. The van der Waals surface area contributed by atoms with E-state index in [1.165, 1.54) is 6.08 Å². The molecule has 2 aliphatic carbocycles. The van der Waals surface area contributed by atoms with Gasteiger partial charge in [-0.05, 0) is 10.8 Å². The van der Waals surface area contributed by atoms with Crippen LogP contribution in [0.3, 0.4) is 0 Å². The molecule has 0 spiro atoms. The van der Waals surface area contributed by atoms with Gasteiger partial charge in [0.1, 0.15) is 18.1 Å². The topological polar surface area (TPSA) is 80.7 Å². The number of allylic oxidation sites excluding steroid dienone is 3. The molecule has 0 fully saturated rings. The molecule has 6 heteroatoms. The van der Waals surface area contributed by atoms with Gasteiger partial charge in [0.15, 0.2) is 18.7 Å². The summed E-state index contributed by atoms with van der Waals surface area (Å²) < 4.78 is 21.5. The van der Waals surface area contributed by atoms with Crippen LogP contribution in [0.25, 0.3) is 0 Å². The van der Waals surface area contributed by atoms with Crippen molar-refractivity contribution in [3.05, 3.63) is 83.8 Å². The second kappa shape index (κ2) is 9.86. The molecule has 0 saturated heterocycles. The lowest BCUT2D eigenvalue weighted by molar-refractivity contribution is -0.119. The van der Waals surface area contributed by atoms with E-state index in [2.05, 4.69) is 0 Å². The maximum Gasteiger partial charge on any atom is 0.163 e. The zero-order valence-electron chi connectivity index (χ0n) is 21.5. The van der Waals surface area contributed by atoms with Crippen LogP contribution in [0, 0.1) is 10.8 Å². The molecule has 0 aliphatic heterocycles. The summed E-state index contributed by atoms with van der Waals surface area (Å²) in [7, 11) is -3.51. The second-order valence-electron chi connectivity index (χ2n) is 11.6. The molecule has 2 aromatic carbocycles. The van der Waals surface area contributed by atoms with E-state index in [4.69, 9.17) is 4.74 Å². The number of carbonyl (C=O) groups is 2. The summed E-state index contributed by atoms with van der Waals surface area (Å²) >= 11 is 0. The number of benzene rings is 2. The number of ether oxygens (including phenoxy) is 1. The highest BCUT2D eigenvalue weighted by molar-refractivity contribution is 7.79. The molecule has 2 aliphatic rings. The van der Waals surface area contributed by atoms with E-state index >= 15 is 4.57 Å². The standard InChI is InChI=1S/C30H35O5P/c1-29(2)16-21(31)15-22(17-29)35-20-27(28-25(32)18-30(3,4)19-26(28)33)36(34,23-11-7-5-8-12-23)24-13-9-6-10-14-24/h5-15,27,32H,16-20H2,1-4H3. The molecule has 2 aromatic rings. The van der Waals surface area contributed by atoms with Crippen molar-refractivity contribution < 1.29 is 24.0 Å². The van der Waals surface area contributed by atoms with Crippen molar-refractivity contribution in [1.29, 1.82) is 0 Å². The fourth-order valence-electron chi connectivity index (χ4n) is 5.42. The Morgan fingerprint density at radius 1 is 0.833 bits per heavy atom. The zero-order valence-corrected chi connectivity index (χ0v) is 22.4. The van der Waals surface area contributed by atoms with Gasteiger partial charge >= 0.3 is 0 Å². The molecule has 36 heavy (non-hydrogen) atoms. The molecule has 0 aromatic heterocycles. The van der Waals surface area contributed by atoms with Gasteiger partial charge in [-0.2, -0.15) is 0 Å². The lowest BCUT2D eigenvalue weighted by atomic mass is 9.76. The van der Waals surface area contributed by atoms with E-state index in [9.17, 15) is 14.7 Å². The van der Waals surface area contributed by atoms with Crippen LogP contribution in [0.15, 0.2) is 83.8 Å². The van der Waals surface area contributed by atoms with E-state index in [1.807, 2.05) is 88.4 Å². The minimum Gasteiger partial charge on any atom is -0.512 e. The number of aliphatic hydroxyl groups is 1. The molecule has 1 unspecified atom stereocenters. The Morgan fingerprint density at radius 3 is 1.86 bits per heavy atom. The SMILES string of the molecule is CC1(C)CC(=O)C=C(OCC(C2=C(O)CC(C)(C)CC2=O)P(=O)(c2ccccc2)c2ccccc2)C1. The first-order valence-corrected chi connectivity index (χ1v) is 14.2. The molecule has 0 radical (unpaired) electrons. The van der Waals surface area contributed by atoms with E-state index in [0.717, 1.165) is 0 Å². The highest BCUT2D eigenvalue weighted by Gasteiger charge is 2.46. The van der Waals surface area contributed by atoms with Crippen LogP contribution in [-0.2, 0) is 18.9 Å². The highest BCUT2D eigenvalue weighted by Crippen LogP contribution is 2.54. The Kier molecular flexibility index (Phi) is 7.16. The van der Waals surface area contributed by atoms with E-state index < -0.39 is 12.8 Å². The normalized spacial score (nSPS) is 20.6. The molecule has 190 valence electrons. The summed E-state index contributed by atoms with van der Waals surface area (Å²) in [5.74, 6) is 0.284. The zero-order chi connectivity index (χ0) is 26.1. The van der Waals surface area contributed by atoms with Crippen LogP contribution in [0.1, 0.15) is 53.4 Å². The number of ketones is 2. The van der Waals surface area contributed by atoms with Crippen molar-refractivity contribution in [2.24, 2.45) is 10.8 Å². The number of hydrogen-bond donors (Lipinski definition) is 1. The van der Waals surface area contributed by atoms with Gasteiger partial charge in [0.05, 0.1) is 5.66 Å². The monoisotopic (exact) mass is 506 g/mol. The van der Waals surface area contributed by atoms with Crippen molar-refractivity contribution >= 4 is 29.3 Å². The van der Waals surface area contributed by atoms with Crippen molar-refractivity contribution in [1.82, 2.24) is 0 Å². The van der Waals surface area contributed by atoms with Crippen molar-refractivity contribution in [2.45, 2.75) is 59.0 Å². The van der Waals surface area contributed by atoms with Gasteiger partial charge in [-0.15, -0.1) is 0 Å². The van der Waals surface area contributed by atoms with Crippen molar-refractivity contribution in [3.8, 4) is 0 Å². The van der Waals surface area contributed by atoms with Gasteiger partial charge in [-0.1, -0.05) is 88.4 Å². The third kappa shape index (κ3) is 5.42. The smallest absolute Gasteiger partial charge is 0.163 e. The predicted molar refractivity (Wildman–Crippen MR) is 143 cm³/mol. The maximum atomic E-state index is 15.3. The largest absolute Gasteiger partial charge is 0.512 e. The molecule has 1 atom stereocenters. The molecule has 0 amide bonds. The minimum atomic E-state index is -3.51. The van der Waals surface area contributed by atoms with Crippen LogP contribution in [-0.4, -0.2) is 28.9 Å². The van der Waals surface area contributed by atoms with E-state index in [1.54, 1.807) is 0 Å². The second-order valence-corrected chi connectivity index (χ2v) is 14.5. The molecular weight excluding hydrogens is 471 g/mol. The van der Waals surface area contributed by atoms with Crippen LogP contribution >= 0.6 is 7.14 Å². The maximum absolute atomic E-state index is 15.3. The van der Waals surface area contributed by atoms with Gasteiger partial charge in [-0.25, -0.2) is 0 Å². The van der Waals surface area contributed by atoms with Gasteiger partial charge in [-0.3, -0.25) is 9.59 Å². The number of carbonyl (C=O) groups excluding carboxylic acids is 2. The van der Waals surface area contributed by atoms with E-state index in [0.29, 0.717) is 35.6 Å². The summed E-state index contributed by atoms with van der Waals surface area (Å²) in [6.45, 7) is 7.83. The number of hydrogen-bond acceptors (Lipinski definition) is 5. The van der Waals surface area contributed by atoms with Crippen LogP contribution in [0.2, 0.25) is 0 Å². The minimum absolute atomic E-state index is 0.00958. The number of aliphatic hydroxyl groups excluding tert-OH is 1. The molecule has 0 saturated carbocycles. The molecule has 5 nitrogen and oxygen atoms in total. The Bertz CT molecular complexity index is 1210. The average Bonchev–Trinajstić information content (AvgIpc) is 2.79. The van der Waals surface area contributed by atoms with Gasteiger partial charge in [0.25, 0.3) is 0 Å². The molecule has 4 rings (SSSR count). The highest BCUT2D eigenvalue weighted by atomic mass is 31.2. The summed E-state index contributed by atoms with van der Waals surface area (Å²) in [5, 5.41) is 12.4. The predicted octanol–water partition coefficient (Wildman–Crippen LogP) is 5.86. The van der Waals surface area contributed by atoms with E-state index in [-0.39, 0.29) is 46.8 Å². The first-order valence-electron chi connectivity index (χ1n) is 12.4. The molecule has 0 heterocycles. The quantitative estimate of drug-likeness (QED) is 0.476. The molecular formula is C30H35O5P. The fraction of sp³-hybridized carbons (Fsp3) is 0.400. The lowest BCUT2D eigenvalue weighted by Crippen LogP contribution is -2.38. The first-order chi connectivity index (χ1) is 16.9. The molecule has 1 N–H and O–H groups in total. The average molecular weight is 507 g/mol. The Hall–Kier alpha value is -2.91. The van der Waals surface area contributed by atoms with Crippen molar-refractivity contribution in [3.63, 3.8) is 0 Å². The fourth-order valence-corrected chi connectivity index (χ4v) is 8.61. The summed E-state index contributed by atoms with van der Waals surface area (Å²) in [6, 6.07) is 18.3. The number of rotatable bonds is 7. The van der Waals surface area contributed by atoms with Crippen LogP contribution in [0.5, 0.6) is 0 Å². The third-order valence-electron chi connectivity index (χ3n) is 7.00. The first kappa shape index (κ1) is 26.2. The van der Waals surface area contributed by atoms with Gasteiger partial charge in [0.2, 0.25) is 0 Å². The summed E-state index contributed by atoms with van der Waals surface area (Å²) in [4.78, 5) is 25.9. The van der Waals surface area contributed by atoms with Crippen molar-refractivity contribution in [2.75, 3.05) is 6.61 Å². The van der Waals surface area contributed by atoms with Gasteiger partial charge in [0, 0.05) is 47.9 Å². The Balaban J connectivity index is 1.86. The Morgan fingerprint density at radius 2 is 1.36 bits per heavy atom. The summed E-state index contributed by atoms with van der Waals surface area (Å²) in [6.07, 6.45) is 3.09. The van der Waals surface area contributed by atoms with Crippen LogP contribution in [0.4, 0.5) is 0 Å². The van der Waals surface area contributed by atoms with Crippen LogP contribution < -0.4 is 10.6 Å². The summed E-state index contributed by atoms with van der Waals surface area (Å²) in [5.41, 5.74) is -1.34. The van der Waals surface area contributed by atoms with Gasteiger partial charge < -0.3 is 14.4 Å². The Labute approximate surface area is 213 Å². The lowest BCUT2D eigenvalue weighted by Gasteiger charge is -2.36.